The molecule has 2 aromatic carbocycles. The first-order valence-electron chi connectivity index (χ1n) is 8.28. The minimum atomic E-state index is -0.519. The number of aliphatic hydroxyl groups excluding tert-OH is 1. The quantitative estimate of drug-likeness (QED) is 0.766. The zero-order valence-electron chi connectivity index (χ0n) is 14.4. The summed E-state index contributed by atoms with van der Waals surface area (Å²) >= 11 is 0. The predicted octanol–water partition coefficient (Wildman–Crippen LogP) is 4.55. The Morgan fingerprint density at radius 2 is 1.54 bits per heavy atom. The highest BCUT2D eigenvalue weighted by atomic mass is 16.3. The maximum Gasteiger partial charge on any atom is 0.0952 e. The average Bonchev–Trinajstić information content (AvgIpc) is 3.10. The monoisotopic (exact) mass is 320 g/mol. The number of aromatic nitrogens is 2. The van der Waals surface area contributed by atoms with Crippen LogP contribution in [-0.4, -0.2) is 20.8 Å². The van der Waals surface area contributed by atoms with Gasteiger partial charge in [0.05, 0.1) is 18.5 Å². The first kappa shape index (κ1) is 16.5. The van der Waals surface area contributed by atoms with Crippen LogP contribution in [0.1, 0.15) is 32.4 Å². The zero-order valence-corrected chi connectivity index (χ0v) is 14.4. The maximum atomic E-state index is 10.9. The van der Waals surface area contributed by atoms with E-state index in [9.17, 15) is 5.11 Å². The fourth-order valence-corrected chi connectivity index (χ4v) is 2.93. The summed E-state index contributed by atoms with van der Waals surface area (Å²) in [7, 11) is 0. The van der Waals surface area contributed by atoms with Crippen molar-refractivity contribution in [3.05, 3.63) is 78.9 Å². The first-order chi connectivity index (χ1) is 11.5. The van der Waals surface area contributed by atoms with E-state index in [2.05, 4.69) is 62.2 Å². The van der Waals surface area contributed by atoms with Crippen molar-refractivity contribution < 1.29 is 5.11 Å². The molecule has 1 heterocycles. The standard InChI is InChI=1S/C21H24N2O/c1-21(2,3)20(24)19(23-14-13-22-15-23)18-11-9-17(10-12-18)16-7-5-4-6-8-16/h4-15,19-20,24H,1-3H3. The van der Waals surface area contributed by atoms with Crippen molar-refractivity contribution in [3.63, 3.8) is 0 Å². The number of hydrogen-bond acceptors (Lipinski definition) is 2. The van der Waals surface area contributed by atoms with Crippen LogP contribution in [-0.2, 0) is 0 Å². The number of aliphatic hydroxyl groups is 1. The minimum Gasteiger partial charge on any atom is -0.390 e. The summed E-state index contributed by atoms with van der Waals surface area (Å²) in [4.78, 5) is 4.15. The molecule has 3 heteroatoms. The smallest absolute Gasteiger partial charge is 0.0952 e. The highest BCUT2D eigenvalue weighted by molar-refractivity contribution is 5.63. The summed E-state index contributed by atoms with van der Waals surface area (Å²) in [5.41, 5.74) is 3.22. The van der Waals surface area contributed by atoms with Gasteiger partial charge >= 0.3 is 0 Å². The fourth-order valence-electron chi connectivity index (χ4n) is 2.93. The largest absolute Gasteiger partial charge is 0.390 e. The number of nitrogens with zero attached hydrogens (tertiary/aromatic N) is 2. The minimum absolute atomic E-state index is 0.155. The van der Waals surface area contributed by atoms with Crippen LogP contribution in [0, 0.1) is 5.41 Å². The Kier molecular flexibility index (Phi) is 4.54. The van der Waals surface area contributed by atoms with Crippen LogP contribution in [0.5, 0.6) is 0 Å². The lowest BCUT2D eigenvalue weighted by atomic mass is 9.82. The molecular formula is C21H24N2O. The van der Waals surface area contributed by atoms with Crippen LogP contribution in [0.15, 0.2) is 73.3 Å². The molecule has 2 unspecified atom stereocenters. The van der Waals surface area contributed by atoms with Crippen LogP contribution in [0.25, 0.3) is 11.1 Å². The van der Waals surface area contributed by atoms with Gasteiger partial charge in [-0.3, -0.25) is 0 Å². The van der Waals surface area contributed by atoms with Gasteiger partial charge in [0, 0.05) is 12.4 Å². The van der Waals surface area contributed by atoms with E-state index >= 15 is 0 Å². The van der Waals surface area contributed by atoms with E-state index in [0.29, 0.717) is 0 Å². The summed E-state index contributed by atoms with van der Waals surface area (Å²) in [6.45, 7) is 6.17. The summed E-state index contributed by atoms with van der Waals surface area (Å²) < 4.78 is 1.98. The van der Waals surface area contributed by atoms with Gasteiger partial charge in [0.25, 0.3) is 0 Å². The molecule has 0 amide bonds. The first-order valence-corrected chi connectivity index (χ1v) is 8.28. The maximum absolute atomic E-state index is 10.9. The molecule has 1 N–H and O–H groups in total. The van der Waals surface area contributed by atoms with Crippen LogP contribution >= 0.6 is 0 Å². The molecule has 0 radical (unpaired) electrons. The Hall–Kier alpha value is -2.39. The summed E-state index contributed by atoms with van der Waals surface area (Å²) in [5, 5.41) is 10.9. The van der Waals surface area contributed by atoms with E-state index < -0.39 is 6.10 Å². The second kappa shape index (κ2) is 6.62. The third-order valence-corrected chi connectivity index (χ3v) is 4.39. The van der Waals surface area contributed by atoms with Crippen molar-refractivity contribution in [2.75, 3.05) is 0 Å². The highest BCUT2D eigenvalue weighted by Gasteiger charge is 2.32. The van der Waals surface area contributed by atoms with Crippen LogP contribution in [0.2, 0.25) is 0 Å². The zero-order chi connectivity index (χ0) is 17.2. The fraction of sp³-hybridized carbons (Fsp3) is 0.286. The molecule has 0 bridgehead atoms. The third-order valence-electron chi connectivity index (χ3n) is 4.39. The molecule has 3 rings (SSSR count). The molecule has 24 heavy (non-hydrogen) atoms. The Balaban J connectivity index is 1.97. The topological polar surface area (TPSA) is 38.0 Å². The van der Waals surface area contributed by atoms with Crippen molar-refractivity contribution in [2.24, 2.45) is 5.41 Å². The normalized spacial score (nSPS) is 14.3. The molecule has 0 saturated heterocycles. The molecule has 0 aliphatic carbocycles. The Bertz CT molecular complexity index is 756. The van der Waals surface area contributed by atoms with Crippen LogP contribution in [0.4, 0.5) is 0 Å². The molecule has 0 aliphatic heterocycles. The molecule has 0 saturated carbocycles. The molecule has 3 nitrogen and oxygen atoms in total. The molecule has 2 atom stereocenters. The van der Waals surface area contributed by atoms with Gasteiger partial charge in [-0.05, 0) is 22.1 Å². The molecule has 3 aromatic rings. The SMILES string of the molecule is CC(C)(C)C(O)C(c1ccc(-c2ccccc2)cc1)n1ccnc1. The molecule has 0 spiro atoms. The highest BCUT2D eigenvalue weighted by Crippen LogP contribution is 2.33. The van der Waals surface area contributed by atoms with E-state index in [1.54, 1.807) is 12.5 Å². The van der Waals surface area contributed by atoms with Crippen molar-refractivity contribution in [1.82, 2.24) is 9.55 Å². The summed E-state index contributed by atoms with van der Waals surface area (Å²) in [6, 6.07) is 18.6. The lowest BCUT2D eigenvalue weighted by Gasteiger charge is -2.34. The number of imidazole rings is 1. The average molecular weight is 320 g/mol. The van der Waals surface area contributed by atoms with Crippen LogP contribution in [0.3, 0.4) is 0 Å². The van der Waals surface area contributed by atoms with Gasteiger partial charge in [0.1, 0.15) is 0 Å². The van der Waals surface area contributed by atoms with Gasteiger partial charge in [-0.15, -0.1) is 0 Å². The lowest BCUT2D eigenvalue weighted by Crippen LogP contribution is -2.35. The summed E-state index contributed by atoms with van der Waals surface area (Å²) in [5.74, 6) is 0. The van der Waals surface area contributed by atoms with Gasteiger partial charge in [-0.1, -0.05) is 75.4 Å². The second-order valence-corrected chi connectivity index (χ2v) is 7.25. The Morgan fingerprint density at radius 1 is 0.917 bits per heavy atom. The van der Waals surface area contributed by atoms with Gasteiger partial charge in [-0.25, -0.2) is 4.98 Å². The second-order valence-electron chi connectivity index (χ2n) is 7.25. The van der Waals surface area contributed by atoms with Gasteiger partial charge < -0.3 is 9.67 Å². The van der Waals surface area contributed by atoms with E-state index in [0.717, 1.165) is 5.56 Å². The van der Waals surface area contributed by atoms with Crippen molar-refractivity contribution in [3.8, 4) is 11.1 Å². The van der Waals surface area contributed by atoms with E-state index in [4.69, 9.17) is 0 Å². The van der Waals surface area contributed by atoms with Crippen molar-refractivity contribution in [1.29, 1.82) is 0 Å². The lowest BCUT2D eigenvalue weighted by molar-refractivity contribution is 0.0298. The summed E-state index contributed by atoms with van der Waals surface area (Å²) in [6.07, 6.45) is 4.91. The predicted molar refractivity (Wildman–Crippen MR) is 97.7 cm³/mol. The number of hydrogen-bond donors (Lipinski definition) is 1. The van der Waals surface area contributed by atoms with Crippen molar-refractivity contribution >= 4 is 0 Å². The Morgan fingerprint density at radius 3 is 2.08 bits per heavy atom. The van der Waals surface area contributed by atoms with Gasteiger partial charge in [-0.2, -0.15) is 0 Å². The van der Waals surface area contributed by atoms with Gasteiger partial charge in [0.2, 0.25) is 0 Å². The van der Waals surface area contributed by atoms with E-state index in [-0.39, 0.29) is 11.5 Å². The van der Waals surface area contributed by atoms with Crippen molar-refractivity contribution in [2.45, 2.75) is 32.9 Å². The number of rotatable bonds is 4. The molecule has 124 valence electrons. The van der Waals surface area contributed by atoms with Crippen LogP contribution < -0.4 is 0 Å². The van der Waals surface area contributed by atoms with Gasteiger partial charge in [0.15, 0.2) is 0 Å². The molecule has 0 fully saturated rings. The van der Waals surface area contributed by atoms with E-state index in [1.165, 1.54) is 11.1 Å². The number of benzene rings is 2. The third kappa shape index (κ3) is 3.41. The Labute approximate surface area is 143 Å². The van der Waals surface area contributed by atoms with E-state index in [1.807, 2.05) is 29.0 Å². The molecule has 0 aliphatic rings. The molecular weight excluding hydrogens is 296 g/mol. The molecule has 1 aromatic heterocycles.